The topological polar surface area (TPSA) is 15.3 Å². The predicted molar refractivity (Wildman–Crippen MR) is 74.4 cm³/mol. The summed E-state index contributed by atoms with van der Waals surface area (Å²) in [5.41, 5.74) is 0.139. The van der Waals surface area contributed by atoms with Crippen LogP contribution in [-0.4, -0.2) is 25.2 Å². The molecule has 0 bridgehead atoms. The highest BCUT2D eigenvalue weighted by Crippen LogP contribution is 2.30. The highest BCUT2D eigenvalue weighted by atomic mass is 19.2. The van der Waals surface area contributed by atoms with Crippen LogP contribution in [0.5, 0.6) is 0 Å². The third-order valence-corrected chi connectivity index (χ3v) is 3.94. The molecule has 1 heterocycles. The van der Waals surface area contributed by atoms with Crippen LogP contribution in [0.3, 0.4) is 0 Å². The van der Waals surface area contributed by atoms with E-state index < -0.39 is 17.5 Å². The zero-order chi connectivity index (χ0) is 15.1. The summed E-state index contributed by atoms with van der Waals surface area (Å²) in [6.07, 6.45) is 0. The SMILES string of the molecule is CC1CNC(C(C)(C)C)CN1c1ccc(F)c(F)c1F. The molecule has 1 aliphatic heterocycles. The summed E-state index contributed by atoms with van der Waals surface area (Å²) in [6.45, 7) is 9.47. The van der Waals surface area contributed by atoms with Crippen molar-refractivity contribution in [1.29, 1.82) is 0 Å². The summed E-state index contributed by atoms with van der Waals surface area (Å²) in [4.78, 5) is 1.81. The van der Waals surface area contributed by atoms with E-state index in [4.69, 9.17) is 0 Å². The standard InChI is InChI=1S/C15H21F3N2/c1-9-7-19-12(15(2,3)4)8-20(9)11-6-5-10(16)13(17)14(11)18/h5-6,9,12,19H,7-8H2,1-4H3. The van der Waals surface area contributed by atoms with Crippen molar-refractivity contribution >= 4 is 5.69 Å². The van der Waals surface area contributed by atoms with E-state index in [1.807, 2.05) is 11.8 Å². The number of nitrogens with zero attached hydrogens (tertiary/aromatic N) is 1. The zero-order valence-electron chi connectivity index (χ0n) is 12.3. The Bertz CT molecular complexity index is 497. The Balaban J connectivity index is 2.33. The second kappa shape index (κ2) is 5.28. The van der Waals surface area contributed by atoms with Gasteiger partial charge in [-0.3, -0.25) is 0 Å². The summed E-state index contributed by atoms with van der Waals surface area (Å²) in [6, 6.07) is 2.48. The molecule has 0 aliphatic carbocycles. The zero-order valence-corrected chi connectivity index (χ0v) is 12.3. The summed E-state index contributed by atoms with van der Waals surface area (Å²) < 4.78 is 40.4. The smallest absolute Gasteiger partial charge is 0.196 e. The van der Waals surface area contributed by atoms with Gasteiger partial charge in [0.1, 0.15) is 0 Å². The minimum Gasteiger partial charge on any atom is -0.364 e. The summed E-state index contributed by atoms with van der Waals surface area (Å²) in [7, 11) is 0. The molecular weight excluding hydrogens is 265 g/mol. The van der Waals surface area contributed by atoms with Crippen molar-refractivity contribution in [2.75, 3.05) is 18.0 Å². The molecule has 5 heteroatoms. The number of hydrogen-bond acceptors (Lipinski definition) is 2. The molecule has 112 valence electrons. The van der Waals surface area contributed by atoms with Crippen LogP contribution >= 0.6 is 0 Å². The van der Waals surface area contributed by atoms with E-state index in [1.54, 1.807) is 0 Å². The fourth-order valence-electron chi connectivity index (χ4n) is 2.52. The van der Waals surface area contributed by atoms with Crippen molar-refractivity contribution in [2.45, 2.75) is 39.8 Å². The average Bonchev–Trinajstić information content (AvgIpc) is 2.36. The van der Waals surface area contributed by atoms with Gasteiger partial charge in [0.05, 0.1) is 5.69 Å². The molecule has 1 fully saturated rings. The third-order valence-electron chi connectivity index (χ3n) is 3.94. The maximum Gasteiger partial charge on any atom is 0.196 e. The van der Waals surface area contributed by atoms with Crippen molar-refractivity contribution in [3.63, 3.8) is 0 Å². The normalized spacial score (nSPS) is 24.1. The van der Waals surface area contributed by atoms with Crippen LogP contribution in [0, 0.1) is 22.9 Å². The van der Waals surface area contributed by atoms with Crippen LogP contribution in [0.2, 0.25) is 0 Å². The molecule has 2 unspecified atom stereocenters. The maximum atomic E-state index is 14.0. The molecule has 1 N–H and O–H groups in total. The van der Waals surface area contributed by atoms with Crippen LogP contribution in [-0.2, 0) is 0 Å². The minimum absolute atomic E-state index is 0.00738. The van der Waals surface area contributed by atoms with Crippen LogP contribution in [0.1, 0.15) is 27.7 Å². The monoisotopic (exact) mass is 286 g/mol. The maximum absolute atomic E-state index is 14.0. The Morgan fingerprint density at radius 1 is 1.15 bits per heavy atom. The van der Waals surface area contributed by atoms with Gasteiger partial charge in [0.15, 0.2) is 17.5 Å². The Morgan fingerprint density at radius 2 is 1.80 bits per heavy atom. The van der Waals surface area contributed by atoms with E-state index >= 15 is 0 Å². The molecule has 0 spiro atoms. The summed E-state index contributed by atoms with van der Waals surface area (Å²) in [5.74, 6) is -3.66. The molecule has 1 aliphatic rings. The van der Waals surface area contributed by atoms with Crippen LogP contribution in [0.4, 0.5) is 18.9 Å². The minimum atomic E-state index is -1.40. The highest BCUT2D eigenvalue weighted by Gasteiger charge is 2.34. The first-order valence-electron chi connectivity index (χ1n) is 6.85. The molecule has 0 saturated carbocycles. The summed E-state index contributed by atoms with van der Waals surface area (Å²) in [5, 5.41) is 3.42. The van der Waals surface area contributed by atoms with Crippen molar-refractivity contribution < 1.29 is 13.2 Å². The number of rotatable bonds is 1. The van der Waals surface area contributed by atoms with Gasteiger partial charge < -0.3 is 10.2 Å². The van der Waals surface area contributed by atoms with E-state index in [2.05, 4.69) is 26.1 Å². The van der Waals surface area contributed by atoms with Gasteiger partial charge in [0, 0.05) is 25.2 Å². The van der Waals surface area contributed by atoms with Gasteiger partial charge in [-0.05, 0) is 24.5 Å². The van der Waals surface area contributed by atoms with Gasteiger partial charge in [0.25, 0.3) is 0 Å². The lowest BCUT2D eigenvalue weighted by Crippen LogP contribution is -2.59. The second-order valence-electron chi connectivity index (χ2n) is 6.52. The Labute approximate surface area is 118 Å². The molecule has 20 heavy (non-hydrogen) atoms. The fourth-order valence-corrected chi connectivity index (χ4v) is 2.52. The van der Waals surface area contributed by atoms with Gasteiger partial charge in [-0.2, -0.15) is 0 Å². The number of anilines is 1. The highest BCUT2D eigenvalue weighted by molar-refractivity contribution is 5.50. The third kappa shape index (κ3) is 2.77. The van der Waals surface area contributed by atoms with E-state index in [1.165, 1.54) is 6.07 Å². The number of nitrogens with one attached hydrogen (secondary N) is 1. The molecule has 2 atom stereocenters. The predicted octanol–water partition coefficient (Wildman–Crippen LogP) is 3.32. The lowest BCUT2D eigenvalue weighted by atomic mass is 9.84. The van der Waals surface area contributed by atoms with Gasteiger partial charge >= 0.3 is 0 Å². The average molecular weight is 286 g/mol. The number of piperazine rings is 1. The largest absolute Gasteiger partial charge is 0.364 e. The fraction of sp³-hybridized carbons (Fsp3) is 0.600. The Hall–Kier alpha value is -1.23. The first-order chi connectivity index (χ1) is 9.21. The molecule has 0 radical (unpaired) electrons. The van der Waals surface area contributed by atoms with Crippen molar-refractivity contribution in [3.8, 4) is 0 Å². The van der Waals surface area contributed by atoms with Gasteiger partial charge in [-0.1, -0.05) is 20.8 Å². The number of hydrogen-bond donors (Lipinski definition) is 1. The molecule has 0 aromatic heterocycles. The molecule has 2 rings (SSSR count). The van der Waals surface area contributed by atoms with Crippen molar-refractivity contribution in [2.24, 2.45) is 5.41 Å². The van der Waals surface area contributed by atoms with E-state index in [0.717, 1.165) is 6.07 Å². The quantitative estimate of drug-likeness (QED) is 0.797. The number of halogens is 3. The van der Waals surface area contributed by atoms with Crippen LogP contribution in [0.25, 0.3) is 0 Å². The number of benzene rings is 1. The Morgan fingerprint density at radius 3 is 2.40 bits per heavy atom. The van der Waals surface area contributed by atoms with Crippen molar-refractivity contribution in [3.05, 3.63) is 29.6 Å². The molecule has 1 aromatic rings. The van der Waals surface area contributed by atoms with Gasteiger partial charge in [0.2, 0.25) is 0 Å². The van der Waals surface area contributed by atoms with E-state index in [0.29, 0.717) is 13.1 Å². The summed E-state index contributed by atoms with van der Waals surface area (Å²) >= 11 is 0. The Kier molecular flexibility index (Phi) is 4.00. The van der Waals surface area contributed by atoms with Crippen LogP contribution < -0.4 is 10.2 Å². The van der Waals surface area contributed by atoms with Crippen LogP contribution in [0.15, 0.2) is 12.1 Å². The first-order valence-corrected chi connectivity index (χ1v) is 6.85. The molecule has 2 nitrogen and oxygen atoms in total. The van der Waals surface area contributed by atoms with Crippen molar-refractivity contribution in [1.82, 2.24) is 5.32 Å². The van der Waals surface area contributed by atoms with Gasteiger partial charge in [-0.15, -0.1) is 0 Å². The van der Waals surface area contributed by atoms with E-state index in [-0.39, 0.29) is 23.2 Å². The second-order valence-corrected chi connectivity index (χ2v) is 6.52. The molecule has 1 saturated heterocycles. The molecule has 0 amide bonds. The lowest BCUT2D eigenvalue weighted by Gasteiger charge is -2.45. The first kappa shape index (κ1) is 15.2. The molecular formula is C15H21F3N2. The lowest BCUT2D eigenvalue weighted by molar-refractivity contribution is 0.238. The van der Waals surface area contributed by atoms with Gasteiger partial charge in [-0.25, -0.2) is 13.2 Å². The van der Waals surface area contributed by atoms with E-state index in [9.17, 15) is 13.2 Å². The molecule has 1 aromatic carbocycles.